The number of methoxy groups -OCH3 is 1. The monoisotopic (exact) mass is 292 g/mol. The van der Waals surface area contributed by atoms with Gasteiger partial charge >= 0.3 is 0 Å². The van der Waals surface area contributed by atoms with Crippen LogP contribution in [-0.4, -0.2) is 71.4 Å². The lowest BCUT2D eigenvalue weighted by Gasteiger charge is -2.58. The Morgan fingerprint density at radius 3 is 2.86 bits per heavy atom. The fourth-order valence-electron chi connectivity index (χ4n) is 3.66. The second-order valence-corrected chi connectivity index (χ2v) is 6.50. The summed E-state index contributed by atoms with van der Waals surface area (Å²) in [5.74, 6) is 0.654. The van der Waals surface area contributed by atoms with Crippen LogP contribution in [0, 0.1) is 5.92 Å². The van der Waals surface area contributed by atoms with E-state index < -0.39 is 0 Å². The number of ether oxygens (including phenoxy) is 1. The van der Waals surface area contributed by atoms with E-state index in [0.29, 0.717) is 11.6 Å². The molecule has 6 heteroatoms. The smallest absolute Gasteiger partial charge is 0.274 e. The van der Waals surface area contributed by atoms with Gasteiger partial charge in [0, 0.05) is 40.1 Å². The van der Waals surface area contributed by atoms with Gasteiger partial charge in [0.05, 0.1) is 5.54 Å². The van der Waals surface area contributed by atoms with Crippen LogP contribution in [0.3, 0.4) is 0 Å². The Hall–Kier alpha value is -1.40. The van der Waals surface area contributed by atoms with Crippen LogP contribution in [0.2, 0.25) is 0 Å². The summed E-state index contributed by atoms with van der Waals surface area (Å²) in [6.45, 7) is 3.52. The van der Waals surface area contributed by atoms with Gasteiger partial charge in [-0.2, -0.15) is 5.10 Å². The molecule has 2 saturated heterocycles. The summed E-state index contributed by atoms with van der Waals surface area (Å²) in [6, 6.07) is 1.78. The first-order valence-electron chi connectivity index (χ1n) is 7.53. The van der Waals surface area contributed by atoms with E-state index in [9.17, 15) is 4.79 Å². The van der Waals surface area contributed by atoms with Crippen LogP contribution in [0.4, 0.5) is 0 Å². The first kappa shape index (κ1) is 14.5. The highest BCUT2D eigenvalue weighted by Gasteiger charge is 2.51. The van der Waals surface area contributed by atoms with E-state index in [0.717, 1.165) is 32.7 Å². The fourth-order valence-corrected chi connectivity index (χ4v) is 3.66. The Bertz CT molecular complexity index is 521. The standard InChI is InChI=1S/C15H24N4O2/c1-17-6-4-12(9-21-3)8-15(17)10-19(11-15)14(20)13-5-7-18(2)16-13/h5,7,12H,4,6,8-11H2,1-3H3/t12-/m0/s1. The highest BCUT2D eigenvalue weighted by Crippen LogP contribution is 2.38. The summed E-state index contributed by atoms with van der Waals surface area (Å²) in [7, 11) is 5.77. The average molecular weight is 292 g/mol. The summed E-state index contributed by atoms with van der Waals surface area (Å²) in [5.41, 5.74) is 0.686. The van der Waals surface area contributed by atoms with Crippen LogP contribution in [-0.2, 0) is 11.8 Å². The molecule has 1 amide bonds. The molecule has 3 heterocycles. The maximum absolute atomic E-state index is 12.4. The van der Waals surface area contributed by atoms with E-state index in [2.05, 4.69) is 17.0 Å². The van der Waals surface area contributed by atoms with Crippen LogP contribution in [0.5, 0.6) is 0 Å². The third-order valence-electron chi connectivity index (χ3n) is 4.94. The summed E-state index contributed by atoms with van der Waals surface area (Å²) in [5, 5.41) is 4.20. The molecule has 0 saturated carbocycles. The third-order valence-corrected chi connectivity index (χ3v) is 4.94. The molecule has 1 spiro atoms. The van der Waals surface area contributed by atoms with Gasteiger partial charge in [0.1, 0.15) is 5.69 Å². The van der Waals surface area contributed by atoms with Crippen LogP contribution in [0.1, 0.15) is 23.3 Å². The highest BCUT2D eigenvalue weighted by molar-refractivity contribution is 5.93. The largest absolute Gasteiger partial charge is 0.384 e. The SMILES string of the molecule is COC[C@H]1CCN(C)C2(C1)CN(C(=O)c1ccn(C)n1)C2. The van der Waals surface area contributed by atoms with Crippen molar-refractivity contribution in [2.75, 3.05) is 40.4 Å². The minimum absolute atomic E-state index is 0.0449. The van der Waals surface area contributed by atoms with Crippen molar-refractivity contribution in [1.29, 1.82) is 0 Å². The van der Waals surface area contributed by atoms with Crippen LogP contribution in [0.15, 0.2) is 12.3 Å². The number of piperidine rings is 1. The van der Waals surface area contributed by atoms with Gasteiger partial charge in [-0.1, -0.05) is 0 Å². The molecule has 2 aliphatic heterocycles. The van der Waals surface area contributed by atoms with Gasteiger partial charge in [-0.3, -0.25) is 14.4 Å². The highest BCUT2D eigenvalue weighted by atomic mass is 16.5. The van der Waals surface area contributed by atoms with E-state index in [1.54, 1.807) is 17.9 Å². The number of likely N-dealkylation sites (N-methyl/N-ethyl adjacent to an activating group) is 1. The number of amides is 1. The van der Waals surface area contributed by atoms with Crippen molar-refractivity contribution < 1.29 is 9.53 Å². The number of carbonyl (C=O) groups is 1. The number of aromatic nitrogens is 2. The van der Waals surface area contributed by atoms with Crippen LogP contribution >= 0.6 is 0 Å². The van der Waals surface area contributed by atoms with Crippen molar-refractivity contribution in [3.63, 3.8) is 0 Å². The summed E-state index contributed by atoms with van der Waals surface area (Å²) in [4.78, 5) is 16.7. The van der Waals surface area contributed by atoms with Gasteiger partial charge in [0.2, 0.25) is 0 Å². The van der Waals surface area contributed by atoms with Gasteiger partial charge in [-0.05, 0) is 38.4 Å². The first-order valence-corrected chi connectivity index (χ1v) is 7.53. The van der Waals surface area contributed by atoms with Gasteiger partial charge in [-0.15, -0.1) is 0 Å². The lowest BCUT2D eigenvalue weighted by Crippen LogP contribution is -2.72. The second-order valence-electron chi connectivity index (χ2n) is 6.50. The quantitative estimate of drug-likeness (QED) is 0.819. The average Bonchev–Trinajstić information content (AvgIpc) is 2.85. The van der Waals surface area contributed by atoms with Crippen molar-refractivity contribution in [1.82, 2.24) is 19.6 Å². The number of carbonyl (C=O) groups excluding carboxylic acids is 1. The molecule has 6 nitrogen and oxygen atoms in total. The van der Waals surface area contributed by atoms with Gasteiger partial charge in [0.25, 0.3) is 5.91 Å². The van der Waals surface area contributed by atoms with Gasteiger partial charge < -0.3 is 9.64 Å². The zero-order chi connectivity index (χ0) is 15.0. The predicted octanol–water partition coefficient (Wildman–Crippen LogP) is 0.603. The maximum Gasteiger partial charge on any atom is 0.274 e. The van der Waals surface area contributed by atoms with Crippen molar-refractivity contribution in [2.24, 2.45) is 13.0 Å². The Morgan fingerprint density at radius 2 is 2.24 bits per heavy atom. The maximum atomic E-state index is 12.4. The van der Waals surface area contributed by atoms with E-state index in [-0.39, 0.29) is 11.4 Å². The van der Waals surface area contributed by atoms with Gasteiger partial charge in [0.15, 0.2) is 0 Å². The normalized spacial score (nSPS) is 25.1. The van der Waals surface area contributed by atoms with Crippen molar-refractivity contribution in [3.05, 3.63) is 18.0 Å². The zero-order valence-corrected chi connectivity index (χ0v) is 13.1. The van der Waals surface area contributed by atoms with Crippen LogP contribution in [0.25, 0.3) is 0 Å². The molecule has 1 atom stereocenters. The first-order chi connectivity index (χ1) is 10.0. The number of hydrogen-bond acceptors (Lipinski definition) is 4. The molecule has 0 radical (unpaired) electrons. The minimum Gasteiger partial charge on any atom is -0.384 e. The van der Waals surface area contributed by atoms with E-state index in [1.165, 1.54) is 6.42 Å². The number of hydrogen-bond donors (Lipinski definition) is 0. The second kappa shape index (κ2) is 5.42. The fraction of sp³-hybridized carbons (Fsp3) is 0.733. The molecule has 0 aliphatic carbocycles. The molecular weight excluding hydrogens is 268 g/mol. The Kier molecular flexibility index (Phi) is 3.75. The van der Waals surface area contributed by atoms with Crippen molar-refractivity contribution >= 4 is 5.91 Å². The topological polar surface area (TPSA) is 50.6 Å². The minimum atomic E-state index is 0.0449. The molecule has 1 aromatic rings. The Labute approximate surface area is 125 Å². The molecule has 0 bridgehead atoms. The van der Waals surface area contributed by atoms with Crippen molar-refractivity contribution in [3.8, 4) is 0 Å². The molecule has 2 fully saturated rings. The molecule has 1 aromatic heterocycles. The molecule has 2 aliphatic rings. The van der Waals surface area contributed by atoms with E-state index in [4.69, 9.17) is 4.74 Å². The molecule has 0 aromatic carbocycles. The third kappa shape index (κ3) is 2.58. The number of nitrogens with zero attached hydrogens (tertiary/aromatic N) is 4. The zero-order valence-electron chi connectivity index (χ0n) is 13.1. The summed E-state index contributed by atoms with van der Waals surface area (Å²) >= 11 is 0. The van der Waals surface area contributed by atoms with Crippen molar-refractivity contribution in [2.45, 2.75) is 18.4 Å². The Balaban J connectivity index is 1.64. The lowest BCUT2D eigenvalue weighted by molar-refractivity contribution is -0.0732. The molecular formula is C15H24N4O2. The molecule has 0 unspecified atom stereocenters. The lowest BCUT2D eigenvalue weighted by atomic mass is 9.75. The van der Waals surface area contributed by atoms with E-state index >= 15 is 0 Å². The summed E-state index contributed by atoms with van der Waals surface area (Å²) in [6.07, 6.45) is 4.10. The van der Waals surface area contributed by atoms with Crippen LogP contribution < -0.4 is 0 Å². The van der Waals surface area contributed by atoms with Gasteiger partial charge in [-0.25, -0.2) is 0 Å². The number of rotatable bonds is 3. The predicted molar refractivity (Wildman–Crippen MR) is 79.1 cm³/mol. The molecule has 0 N–H and O–H groups in total. The molecule has 116 valence electrons. The number of aryl methyl sites for hydroxylation is 1. The Morgan fingerprint density at radius 1 is 1.48 bits per heavy atom. The summed E-state index contributed by atoms with van der Waals surface area (Å²) < 4.78 is 6.98. The number of likely N-dealkylation sites (tertiary alicyclic amines) is 2. The molecule has 3 rings (SSSR count). The molecule has 21 heavy (non-hydrogen) atoms. The van der Waals surface area contributed by atoms with E-state index in [1.807, 2.05) is 18.1 Å².